The molecule has 1 unspecified atom stereocenters. The second-order valence-corrected chi connectivity index (χ2v) is 4.14. The smallest absolute Gasteiger partial charge is 0.125 e. The lowest BCUT2D eigenvalue weighted by Gasteiger charge is -2.12. The van der Waals surface area contributed by atoms with Crippen LogP contribution in [-0.2, 0) is 7.05 Å². The molecule has 0 fully saturated rings. The summed E-state index contributed by atoms with van der Waals surface area (Å²) >= 11 is 3.30. The summed E-state index contributed by atoms with van der Waals surface area (Å²) in [5, 5.41) is 3.30. The number of hydrogen-bond acceptors (Lipinski definition) is 2. The van der Waals surface area contributed by atoms with Crippen LogP contribution in [0.25, 0.3) is 0 Å². The van der Waals surface area contributed by atoms with E-state index >= 15 is 0 Å². The Hall–Kier alpha value is -0.610. The number of nitrogens with one attached hydrogen (secondary N) is 1. The third-order valence-electron chi connectivity index (χ3n) is 1.85. The van der Waals surface area contributed by atoms with E-state index in [1.165, 1.54) is 0 Å². The van der Waals surface area contributed by atoms with Crippen molar-refractivity contribution in [3.05, 3.63) is 29.3 Å². The first-order valence-corrected chi connectivity index (χ1v) is 4.94. The van der Waals surface area contributed by atoms with Crippen LogP contribution in [0, 0.1) is 0 Å². The number of nitrogens with zero attached hydrogens (tertiary/aromatic N) is 2. The average Bonchev–Trinajstić information content (AvgIpc) is 2.47. The highest BCUT2D eigenvalue weighted by atomic mass is 79.9. The largest absolute Gasteiger partial charge is 0.337 e. The molecule has 0 aliphatic heterocycles. The van der Waals surface area contributed by atoms with Crippen LogP contribution in [-0.4, -0.2) is 16.1 Å². The predicted octanol–water partition coefficient (Wildman–Crippen LogP) is 1.98. The van der Waals surface area contributed by atoms with Gasteiger partial charge in [0.05, 0.1) is 6.04 Å². The minimum atomic E-state index is 0.245. The molecule has 1 atom stereocenters. The molecular weight excluding hydrogens is 230 g/mol. The second-order valence-electron chi connectivity index (χ2n) is 3.02. The summed E-state index contributed by atoms with van der Waals surface area (Å²) in [6.07, 6.45) is 3.74. The average molecular weight is 244 g/mol. The Bertz CT molecular complexity index is 293. The first-order valence-electron chi connectivity index (χ1n) is 4.15. The predicted molar refractivity (Wildman–Crippen MR) is 57.7 cm³/mol. The van der Waals surface area contributed by atoms with E-state index in [1.807, 2.05) is 17.8 Å². The number of hydrogen-bond donors (Lipinski definition) is 1. The van der Waals surface area contributed by atoms with Gasteiger partial charge in [0.1, 0.15) is 5.82 Å². The van der Waals surface area contributed by atoms with Crippen molar-refractivity contribution in [3.63, 3.8) is 0 Å². The van der Waals surface area contributed by atoms with Crippen molar-refractivity contribution in [3.8, 4) is 0 Å². The molecule has 0 saturated carbocycles. The molecule has 1 aromatic rings. The van der Waals surface area contributed by atoms with Crippen LogP contribution in [0.2, 0.25) is 0 Å². The van der Waals surface area contributed by atoms with E-state index in [9.17, 15) is 0 Å². The zero-order chi connectivity index (χ0) is 9.84. The number of imidazole rings is 1. The number of halogens is 1. The van der Waals surface area contributed by atoms with E-state index in [-0.39, 0.29) is 6.04 Å². The summed E-state index contributed by atoms with van der Waals surface area (Å²) in [5.74, 6) is 1.04. The van der Waals surface area contributed by atoms with Gasteiger partial charge in [0, 0.05) is 30.5 Å². The molecule has 4 heteroatoms. The van der Waals surface area contributed by atoms with Gasteiger partial charge in [-0.1, -0.05) is 22.5 Å². The van der Waals surface area contributed by atoms with Gasteiger partial charge >= 0.3 is 0 Å². The van der Waals surface area contributed by atoms with Crippen LogP contribution in [0.1, 0.15) is 18.8 Å². The standard InChI is InChI=1S/C9H14BrN3/c1-7(10)6-12-8(2)9-11-4-5-13(9)3/h4-5,8,12H,1,6H2,2-3H3. The molecule has 0 spiro atoms. The maximum Gasteiger partial charge on any atom is 0.125 e. The van der Waals surface area contributed by atoms with E-state index in [0.717, 1.165) is 16.9 Å². The van der Waals surface area contributed by atoms with Crippen molar-refractivity contribution in [1.82, 2.24) is 14.9 Å². The Morgan fingerprint density at radius 2 is 2.54 bits per heavy atom. The minimum absolute atomic E-state index is 0.245. The normalized spacial score (nSPS) is 12.8. The highest BCUT2D eigenvalue weighted by Gasteiger charge is 2.08. The summed E-state index contributed by atoms with van der Waals surface area (Å²) in [6, 6.07) is 0.245. The molecule has 1 heterocycles. The third kappa shape index (κ3) is 2.97. The lowest BCUT2D eigenvalue weighted by molar-refractivity contribution is 0.560. The van der Waals surface area contributed by atoms with Crippen molar-refractivity contribution in [2.24, 2.45) is 7.05 Å². The van der Waals surface area contributed by atoms with E-state index < -0.39 is 0 Å². The Kier molecular flexibility index (Phi) is 3.69. The van der Waals surface area contributed by atoms with Gasteiger partial charge in [0.25, 0.3) is 0 Å². The van der Waals surface area contributed by atoms with Crippen LogP contribution in [0.3, 0.4) is 0 Å². The van der Waals surface area contributed by atoms with Gasteiger partial charge in [0.2, 0.25) is 0 Å². The fourth-order valence-corrected chi connectivity index (χ4v) is 1.31. The fourth-order valence-electron chi connectivity index (χ4n) is 1.15. The lowest BCUT2D eigenvalue weighted by atomic mass is 10.3. The van der Waals surface area contributed by atoms with E-state index in [4.69, 9.17) is 0 Å². The van der Waals surface area contributed by atoms with Gasteiger partial charge in [-0.15, -0.1) is 0 Å². The van der Waals surface area contributed by atoms with Gasteiger partial charge in [0.15, 0.2) is 0 Å². The molecule has 72 valence electrons. The molecule has 0 saturated heterocycles. The number of rotatable bonds is 4. The van der Waals surface area contributed by atoms with Crippen LogP contribution >= 0.6 is 15.9 Å². The summed E-state index contributed by atoms with van der Waals surface area (Å²) < 4.78 is 2.96. The summed E-state index contributed by atoms with van der Waals surface area (Å²) in [7, 11) is 1.99. The second kappa shape index (κ2) is 4.58. The van der Waals surface area contributed by atoms with Gasteiger partial charge in [-0.2, -0.15) is 0 Å². The highest BCUT2D eigenvalue weighted by Crippen LogP contribution is 2.09. The highest BCUT2D eigenvalue weighted by molar-refractivity contribution is 9.11. The summed E-state index contributed by atoms with van der Waals surface area (Å²) in [4.78, 5) is 4.25. The number of aryl methyl sites for hydroxylation is 1. The topological polar surface area (TPSA) is 29.9 Å². The summed E-state index contributed by atoms with van der Waals surface area (Å²) in [6.45, 7) is 6.60. The first kappa shape index (κ1) is 10.5. The van der Waals surface area contributed by atoms with E-state index in [1.54, 1.807) is 6.20 Å². The SMILES string of the molecule is C=C(Br)CNC(C)c1nccn1C. The number of aromatic nitrogens is 2. The monoisotopic (exact) mass is 243 g/mol. The molecule has 13 heavy (non-hydrogen) atoms. The molecule has 1 aromatic heterocycles. The summed E-state index contributed by atoms with van der Waals surface area (Å²) in [5.41, 5.74) is 0. The van der Waals surface area contributed by atoms with Crippen LogP contribution < -0.4 is 5.32 Å². The maximum absolute atomic E-state index is 4.25. The molecule has 0 bridgehead atoms. The Balaban J connectivity index is 2.53. The molecule has 0 amide bonds. The van der Waals surface area contributed by atoms with Gasteiger partial charge in [-0.05, 0) is 6.92 Å². The van der Waals surface area contributed by atoms with Crippen molar-refractivity contribution in [2.75, 3.05) is 6.54 Å². The van der Waals surface area contributed by atoms with Crippen LogP contribution in [0.4, 0.5) is 0 Å². The van der Waals surface area contributed by atoms with Crippen molar-refractivity contribution in [1.29, 1.82) is 0 Å². The Morgan fingerprint density at radius 3 is 3.00 bits per heavy atom. The molecule has 1 rings (SSSR count). The van der Waals surface area contributed by atoms with Crippen molar-refractivity contribution >= 4 is 15.9 Å². The zero-order valence-corrected chi connectivity index (χ0v) is 9.50. The van der Waals surface area contributed by atoms with Crippen LogP contribution in [0.15, 0.2) is 23.5 Å². The quantitative estimate of drug-likeness (QED) is 0.877. The van der Waals surface area contributed by atoms with Gasteiger partial charge in [-0.25, -0.2) is 4.98 Å². The molecule has 0 aromatic carbocycles. The Labute approximate surface area is 87.0 Å². The first-order chi connectivity index (χ1) is 6.11. The molecular formula is C9H14BrN3. The molecule has 3 nitrogen and oxygen atoms in total. The van der Waals surface area contributed by atoms with Crippen molar-refractivity contribution in [2.45, 2.75) is 13.0 Å². The zero-order valence-electron chi connectivity index (χ0n) is 7.92. The van der Waals surface area contributed by atoms with Gasteiger partial charge in [-0.3, -0.25) is 0 Å². The third-order valence-corrected chi connectivity index (χ3v) is 2.13. The van der Waals surface area contributed by atoms with E-state index in [0.29, 0.717) is 0 Å². The van der Waals surface area contributed by atoms with Crippen LogP contribution in [0.5, 0.6) is 0 Å². The molecule has 1 N–H and O–H groups in total. The van der Waals surface area contributed by atoms with E-state index in [2.05, 4.69) is 39.7 Å². The minimum Gasteiger partial charge on any atom is -0.337 e. The molecule has 0 radical (unpaired) electrons. The molecule has 0 aliphatic carbocycles. The lowest BCUT2D eigenvalue weighted by Crippen LogP contribution is -2.22. The molecule has 0 aliphatic rings. The fraction of sp³-hybridized carbons (Fsp3) is 0.444. The van der Waals surface area contributed by atoms with Crippen molar-refractivity contribution < 1.29 is 0 Å². The maximum atomic E-state index is 4.25. The van der Waals surface area contributed by atoms with Gasteiger partial charge < -0.3 is 9.88 Å². The Morgan fingerprint density at radius 1 is 1.85 bits per heavy atom.